The number of hydrogen-bond acceptors (Lipinski definition) is 2. The molecule has 11 heavy (non-hydrogen) atoms. The number of nitrogens with two attached hydrogens (primary N) is 1. The Morgan fingerprint density at radius 1 is 1.55 bits per heavy atom. The second-order valence-corrected chi connectivity index (χ2v) is 5.50. The van der Waals surface area contributed by atoms with Gasteiger partial charge in [0, 0.05) is 10.9 Å². The lowest BCUT2D eigenvalue weighted by Gasteiger charge is -2.05. The molecule has 3 heteroatoms. The molecule has 1 heterocycles. The molecule has 2 rings (SSSR count). The van der Waals surface area contributed by atoms with Gasteiger partial charge in [0.15, 0.2) is 0 Å². The van der Waals surface area contributed by atoms with Gasteiger partial charge in [-0.1, -0.05) is 0 Å². The first-order valence-electron chi connectivity index (χ1n) is 3.78. The zero-order valence-corrected chi connectivity index (χ0v) is 8.49. The van der Waals surface area contributed by atoms with Crippen LogP contribution in [0, 0.1) is 5.92 Å². The molecule has 0 saturated heterocycles. The second kappa shape index (κ2) is 2.88. The summed E-state index contributed by atoms with van der Waals surface area (Å²) in [6, 6.07) is 4.49. The fraction of sp³-hybridized carbons (Fsp3) is 0.500. The number of hydrogen-bond donors (Lipinski definition) is 1. The van der Waals surface area contributed by atoms with Crippen molar-refractivity contribution in [3.8, 4) is 0 Å². The molecule has 1 aromatic heterocycles. The number of halogens is 1. The molecule has 0 aliphatic heterocycles. The summed E-state index contributed by atoms with van der Waals surface area (Å²) in [5.41, 5.74) is 6.00. The molecule has 0 bridgehead atoms. The molecule has 0 spiro atoms. The van der Waals surface area contributed by atoms with Crippen LogP contribution in [0.4, 0.5) is 0 Å². The molecule has 0 radical (unpaired) electrons. The fourth-order valence-corrected chi connectivity index (χ4v) is 2.71. The Balaban J connectivity index is 2.14. The van der Waals surface area contributed by atoms with Crippen molar-refractivity contribution in [2.45, 2.75) is 18.9 Å². The molecule has 1 unspecified atom stereocenters. The molecule has 2 N–H and O–H groups in total. The highest BCUT2D eigenvalue weighted by Gasteiger charge is 2.30. The largest absolute Gasteiger partial charge is 0.323 e. The van der Waals surface area contributed by atoms with Crippen LogP contribution in [-0.2, 0) is 0 Å². The zero-order valence-electron chi connectivity index (χ0n) is 6.09. The van der Waals surface area contributed by atoms with Crippen molar-refractivity contribution in [1.82, 2.24) is 0 Å². The summed E-state index contributed by atoms with van der Waals surface area (Å²) in [6.07, 6.45) is 2.63. The standard InChI is InChI=1S/C8H10BrNS/c9-7-4-3-6(11-7)8(10)5-1-2-5/h3-5,8H,1-2,10H2. The van der Waals surface area contributed by atoms with Crippen LogP contribution in [0.25, 0.3) is 0 Å². The summed E-state index contributed by atoms with van der Waals surface area (Å²) < 4.78 is 1.18. The van der Waals surface area contributed by atoms with Crippen LogP contribution < -0.4 is 5.73 Å². The van der Waals surface area contributed by atoms with E-state index in [-0.39, 0.29) is 0 Å². The third-order valence-corrected chi connectivity index (χ3v) is 3.78. The Bertz CT molecular complexity index is 254. The summed E-state index contributed by atoms with van der Waals surface area (Å²) in [5.74, 6) is 0.764. The monoisotopic (exact) mass is 231 g/mol. The van der Waals surface area contributed by atoms with Crippen molar-refractivity contribution in [2.75, 3.05) is 0 Å². The van der Waals surface area contributed by atoms with E-state index >= 15 is 0 Å². The van der Waals surface area contributed by atoms with E-state index in [4.69, 9.17) is 5.73 Å². The Kier molecular flexibility index (Phi) is 2.04. The lowest BCUT2D eigenvalue weighted by Crippen LogP contribution is -2.10. The Labute approximate surface area is 78.7 Å². The van der Waals surface area contributed by atoms with Crippen LogP contribution in [0.2, 0.25) is 0 Å². The van der Waals surface area contributed by atoms with Gasteiger partial charge in [-0.3, -0.25) is 0 Å². The van der Waals surface area contributed by atoms with Gasteiger partial charge >= 0.3 is 0 Å². The minimum Gasteiger partial charge on any atom is -0.323 e. The van der Waals surface area contributed by atoms with Crippen LogP contribution in [0.3, 0.4) is 0 Å². The van der Waals surface area contributed by atoms with E-state index in [0.717, 1.165) is 5.92 Å². The SMILES string of the molecule is NC(c1ccc(Br)s1)C1CC1. The minimum atomic E-state index is 0.297. The molecular formula is C8H10BrNS. The fourth-order valence-electron chi connectivity index (χ4n) is 1.20. The van der Waals surface area contributed by atoms with Gasteiger partial charge in [0.25, 0.3) is 0 Å². The van der Waals surface area contributed by atoms with Gasteiger partial charge in [0.2, 0.25) is 0 Å². The first-order valence-corrected chi connectivity index (χ1v) is 5.39. The first kappa shape index (κ1) is 7.77. The highest BCUT2D eigenvalue weighted by molar-refractivity contribution is 9.11. The highest BCUT2D eigenvalue weighted by Crippen LogP contribution is 2.41. The van der Waals surface area contributed by atoms with Crippen molar-refractivity contribution < 1.29 is 0 Å². The molecule has 0 amide bonds. The van der Waals surface area contributed by atoms with Crippen LogP contribution in [0.5, 0.6) is 0 Å². The van der Waals surface area contributed by atoms with Crippen LogP contribution in [0.1, 0.15) is 23.8 Å². The predicted octanol–water partition coefficient (Wildman–Crippen LogP) is 2.92. The molecule has 1 aliphatic rings. The van der Waals surface area contributed by atoms with Gasteiger partial charge in [-0.25, -0.2) is 0 Å². The summed E-state index contributed by atoms with van der Waals surface area (Å²) >= 11 is 5.19. The Morgan fingerprint density at radius 2 is 2.27 bits per heavy atom. The summed E-state index contributed by atoms with van der Waals surface area (Å²) in [4.78, 5) is 1.32. The zero-order chi connectivity index (χ0) is 7.84. The molecule has 0 aromatic carbocycles. The maximum atomic E-state index is 6.00. The van der Waals surface area contributed by atoms with Crippen molar-refractivity contribution in [1.29, 1.82) is 0 Å². The topological polar surface area (TPSA) is 26.0 Å². The lowest BCUT2D eigenvalue weighted by atomic mass is 10.2. The lowest BCUT2D eigenvalue weighted by molar-refractivity contribution is 0.645. The van der Waals surface area contributed by atoms with Crippen molar-refractivity contribution in [2.24, 2.45) is 11.7 Å². The minimum absolute atomic E-state index is 0.297. The summed E-state index contributed by atoms with van der Waals surface area (Å²) in [6.45, 7) is 0. The van der Waals surface area contributed by atoms with Crippen molar-refractivity contribution in [3.63, 3.8) is 0 Å². The van der Waals surface area contributed by atoms with Crippen LogP contribution >= 0.6 is 27.3 Å². The first-order chi connectivity index (χ1) is 5.27. The number of thiophene rings is 1. The van der Waals surface area contributed by atoms with E-state index in [1.54, 1.807) is 11.3 Å². The normalized spacial score (nSPS) is 20.2. The second-order valence-electron chi connectivity index (χ2n) is 3.01. The molecule has 1 aliphatic carbocycles. The maximum absolute atomic E-state index is 6.00. The summed E-state index contributed by atoms with van der Waals surface area (Å²) in [7, 11) is 0. The van der Waals surface area contributed by atoms with Crippen LogP contribution in [-0.4, -0.2) is 0 Å². The van der Waals surface area contributed by atoms with Gasteiger partial charge in [-0.05, 0) is 46.8 Å². The third kappa shape index (κ3) is 1.66. The van der Waals surface area contributed by atoms with Gasteiger partial charge in [0.1, 0.15) is 0 Å². The van der Waals surface area contributed by atoms with Crippen molar-refractivity contribution in [3.05, 3.63) is 20.8 Å². The van der Waals surface area contributed by atoms with Gasteiger partial charge in [-0.2, -0.15) is 0 Å². The van der Waals surface area contributed by atoms with Crippen LogP contribution in [0.15, 0.2) is 15.9 Å². The Morgan fingerprint density at radius 3 is 2.73 bits per heavy atom. The molecular weight excluding hydrogens is 222 g/mol. The quantitative estimate of drug-likeness (QED) is 0.833. The summed E-state index contributed by atoms with van der Waals surface area (Å²) in [5, 5.41) is 0. The molecule has 1 atom stereocenters. The molecule has 1 aromatic rings. The van der Waals surface area contributed by atoms with Crippen molar-refractivity contribution >= 4 is 27.3 Å². The van der Waals surface area contributed by atoms with E-state index < -0.39 is 0 Å². The smallest absolute Gasteiger partial charge is 0.0701 e. The number of rotatable bonds is 2. The van der Waals surface area contributed by atoms with E-state index in [1.165, 1.54) is 21.5 Å². The third-order valence-electron chi connectivity index (χ3n) is 2.05. The molecule has 60 valence electrons. The van der Waals surface area contributed by atoms with Gasteiger partial charge < -0.3 is 5.73 Å². The maximum Gasteiger partial charge on any atom is 0.0701 e. The van der Waals surface area contributed by atoms with E-state index in [0.29, 0.717) is 6.04 Å². The predicted molar refractivity (Wildman–Crippen MR) is 51.7 cm³/mol. The average Bonchev–Trinajstić information content (AvgIpc) is 2.74. The van der Waals surface area contributed by atoms with Gasteiger partial charge in [0.05, 0.1) is 3.79 Å². The highest BCUT2D eigenvalue weighted by atomic mass is 79.9. The molecule has 1 fully saturated rings. The van der Waals surface area contributed by atoms with E-state index in [9.17, 15) is 0 Å². The van der Waals surface area contributed by atoms with E-state index in [2.05, 4.69) is 28.1 Å². The van der Waals surface area contributed by atoms with E-state index in [1.807, 2.05) is 0 Å². The van der Waals surface area contributed by atoms with Gasteiger partial charge in [-0.15, -0.1) is 11.3 Å². The Hall–Kier alpha value is 0.140. The average molecular weight is 232 g/mol. The molecule has 1 saturated carbocycles. The molecule has 1 nitrogen and oxygen atoms in total.